The lowest BCUT2D eigenvalue weighted by molar-refractivity contribution is 0.810. The zero-order chi connectivity index (χ0) is 12.4. The van der Waals surface area contributed by atoms with Gasteiger partial charge < -0.3 is 5.32 Å². The highest BCUT2D eigenvalue weighted by Gasteiger charge is 2.15. The number of rotatable bonds is 3. The first-order valence-corrected chi connectivity index (χ1v) is 7.38. The summed E-state index contributed by atoms with van der Waals surface area (Å²) in [5, 5.41) is 5.19. The molecule has 17 heavy (non-hydrogen) atoms. The number of hydrogen-bond donors (Lipinski definition) is 1. The van der Waals surface area contributed by atoms with Crippen molar-refractivity contribution >= 4 is 39.7 Å². The van der Waals surface area contributed by atoms with Crippen LogP contribution in [0.4, 0.5) is 5.82 Å². The Morgan fingerprint density at radius 1 is 1.35 bits per heavy atom. The molecule has 2 heterocycles. The molecule has 0 spiro atoms. The van der Waals surface area contributed by atoms with Gasteiger partial charge in [-0.25, -0.2) is 9.97 Å². The standard InChI is InChI=1S/C12H14IN3S/c1-7(2)10-9(13)12(14-3)16-11(15-10)8-5-4-6-17-8/h4-7H,1-3H3,(H,14,15,16). The second-order valence-electron chi connectivity index (χ2n) is 3.98. The van der Waals surface area contributed by atoms with E-state index in [4.69, 9.17) is 0 Å². The molecule has 0 atom stereocenters. The maximum Gasteiger partial charge on any atom is 0.171 e. The number of aromatic nitrogens is 2. The fourth-order valence-electron chi connectivity index (χ4n) is 1.53. The van der Waals surface area contributed by atoms with Gasteiger partial charge in [-0.15, -0.1) is 11.3 Å². The van der Waals surface area contributed by atoms with Crippen molar-refractivity contribution in [3.05, 3.63) is 26.8 Å². The topological polar surface area (TPSA) is 37.8 Å². The lowest BCUT2D eigenvalue weighted by Crippen LogP contribution is -2.06. The van der Waals surface area contributed by atoms with Crippen LogP contribution >= 0.6 is 33.9 Å². The molecule has 0 aromatic carbocycles. The van der Waals surface area contributed by atoms with Gasteiger partial charge in [-0.2, -0.15) is 0 Å². The first-order chi connectivity index (χ1) is 8.13. The molecule has 0 unspecified atom stereocenters. The minimum absolute atomic E-state index is 0.399. The van der Waals surface area contributed by atoms with Crippen LogP contribution in [0.5, 0.6) is 0 Å². The van der Waals surface area contributed by atoms with Crippen molar-refractivity contribution in [2.24, 2.45) is 0 Å². The summed E-state index contributed by atoms with van der Waals surface area (Å²) < 4.78 is 1.11. The van der Waals surface area contributed by atoms with Crippen LogP contribution in [-0.4, -0.2) is 17.0 Å². The van der Waals surface area contributed by atoms with Crippen LogP contribution in [0.15, 0.2) is 17.5 Å². The number of nitrogens with zero attached hydrogens (tertiary/aromatic N) is 2. The normalized spacial score (nSPS) is 10.9. The van der Waals surface area contributed by atoms with E-state index in [1.165, 1.54) is 0 Å². The highest BCUT2D eigenvalue weighted by molar-refractivity contribution is 14.1. The summed E-state index contributed by atoms with van der Waals surface area (Å²) in [6.07, 6.45) is 0. The third-order valence-corrected chi connectivity index (χ3v) is 4.33. The lowest BCUT2D eigenvalue weighted by atomic mass is 10.1. The van der Waals surface area contributed by atoms with Crippen LogP contribution in [-0.2, 0) is 0 Å². The molecule has 3 nitrogen and oxygen atoms in total. The summed E-state index contributed by atoms with van der Waals surface area (Å²) >= 11 is 3.97. The third-order valence-electron chi connectivity index (χ3n) is 2.40. The molecule has 0 fully saturated rings. The number of nitrogens with one attached hydrogen (secondary N) is 1. The van der Waals surface area contributed by atoms with E-state index in [9.17, 15) is 0 Å². The molecule has 1 N–H and O–H groups in total. The highest BCUT2D eigenvalue weighted by Crippen LogP contribution is 2.29. The zero-order valence-corrected chi connectivity index (χ0v) is 13.0. The second kappa shape index (κ2) is 5.30. The van der Waals surface area contributed by atoms with Crippen molar-refractivity contribution in [2.45, 2.75) is 19.8 Å². The number of thiophene rings is 1. The smallest absolute Gasteiger partial charge is 0.171 e. The van der Waals surface area contributed by atoms with Crippen LogP contribution < -0.4 is 5.32 Å². The van der Waals surface area contributed by atoms with Crippen LogP contribution in [0.2, 0.25) is 0 Å². The van der Waals surface area contributed by atoms with E-state index in [1.807, 2.05) is 18.5 Å². The molecule has 0 saturated carbocycles. The van der Waals surface area contributed by atoms with Crippen molar-refractivity contribution in [1.29, 1.82) is 0 Å². The summed E-state index contributed by atoms with van der Waals surface area (Å²) in [6, 6.07) is 4.08. The fraction of sp³-hybridized carbons (Fsp3) is 0.333. The first-order valence-electron chi connectivity index (χ1n) is 5.42. The monoisotopic (exact) mass is 359 g/mol. The number of halogens is 1. The fourth-order valence-corrected chi connectivity index (χ4v) is 3.32. The van der Waals surface area contributed by atoms with Crippen LogP contribution in [0.25, 0.3) is 10.7 Å². The number of hydrogen-bond acceptors (Lipinski definition) is 4. The minimum Gasteiger partial charge on any atom is -0.372 e. The Balaban J connectivity index is 2.59. The van der Waals surface area contributed by atoms with Gasteiger partial charge in [0.15, 0.2) is 5.82 Å². The van der Waals surface area contributed by atoms with E-state index in [0.29, 0.717) is 5.92 Å². The van der Waals surface area contributed by atoms with E-state index in [2.05, 4.69) is 57.8 Å². The molecule has 0 amide bonds. The molecule has 0 aliphatic carbocycles. The Morgan fingerprint density at radius 3 is 2.65 bits per heavy atom. The summed E-state index contributed by atoms with van der Waals surface area (Å²) in [5.41, 5.74) is 1.10. The molecule has 0 aliphatic rings. The molecule has 0 aliphatic heterocycles. The molecule has 90 valence electrons. The molecular formula is C12H14IN3S. The van der Waals surface area contributed by atoms with Crippen LogP contribution in [0.1, 0.15) is 25.5 Å². The Labute approximate surface area is 119 Å². The predicted octanol–water partition coefficient (Wildman–Crippen LogP) is 3.97. The van der Waals surface area contributed by atoms with E-state index >= 15 is 0 Å². The molecule has 2 rings (SSSR count). The van der Waals surface area contributed by atoms with Gasteiger partial charge in [-0.1, -0.05) is 19.9 Å². The van der Waals surface area contributed by atoms with Gasteiger partial charge in [-0.05, 0) is 40.0 Å². The first kappa shape index (κ1) is 12.8. The molecule has 2 aromatic heterocycles. The summed E-state index contributed by atoms with van der Waals surface area (Å²) in [6.45, 7) is 4.31. The quantitative estimate of drug-likeness (QED) is 0.843. The predicted molar refractivity (Wildman–Crippen MR) is 81.7 cm³/mol. The van der Waals surface area contributed by atoms with Gasteiger partial charge in [0.05, 0.1) is 14.1 Å². The van der Waals surface area contributed by atoms with Gasteiger partial charge >= 0.3 is 0 Å². The molecule has 2 aromatic rings. The van der Waals surface area contributed by atoms with E-state index in [0.717, 1.165) is 25.8 Å². The van der Waals surface area contributed by atoms with Crippen LogP contribution in [0, 0.1) is 3.57 Å². The average Bonchev–Trinajstić information content (AvgIpc) is 2.82. The van der Waals surface area contributed by atoms with Crippen molar-refractivity contribution in [2.75, 3.05) is 12.4 Å². The van der Waals surface area contributed by atoms with Gasteiger partial charge in [0, 0.05) is 7.05 Å². The van der Waals surface area contributed by atoms with Gasteiger partial charge in [-0.3, -0.25) is 0 Å². The van der Waals surface area contributed by atoms with Gasteiger partial charge in [0.2, 0.25) is 0 Å². The summed E-state index contributed by atoms with van der Waals surface area (Å²) in [7, 11) is 1.90. The third kappa shape index (κ3) is 2.60. The van der Waals surface area contributed by atoms with E-state index in [-0.39, 0.29) is 0 Å². The Morgan fingerprint density at radius 2 is 2.12 bits per heavy atom. The molecular weight excluding hydrogens is 345 g/mol. The Kier molecular flexibility index (Phi) is 3.98. The van der Waals surface area contributed by atoms with Crippen molar-refractivity contribution in [3.8, 4) is 10.7 Å². The highest BCUT2D eigenvalue weighted by atomic mass is 127. The summed E-state index contributed by atoms with van der Waals surface area (Å²) in [5.74, 6) is 2.12. The molecule has 0 radical (unpaired) electrons. The second-order valence-corrected chi connectivity index (χ2v) is 6.00. The lowest BCUT2D eigenvalue weighted by Gasteiger charge is -2.12. The van der Waals surface area contributed by atoms with Gasteiger partial charge in [0.25, 0.3) is 0 Å². The van der Waals surface area contributed by atoms with Crippen molar-refractivity contribution in [1.82, 2.24) is 9.97 Å². The van der Waals surface area contributed by atoms with E-state index in [1.54, 1.807) is 11.3 Å². The SMILES string of the molecule is CNc1nc(-c2cccs2)nc(C(C)C)c1I. The average molecular weight is 359 g/mol. The molecule has 0 bridgehead atoms. The molecule has 5 heteroatoms. The summed E-state index contributed by atoms with van der Waals surface area (Å²) in [4.78, 5) is 10.3. The Bertz CT molecular complexity index is 509. The maximum absolute atomic E-state index is 4.67. The largest absolute Gasteiger partial charge is 0.372 e. The van der Waals surface area contributed by atoms with Gasteiger partial charge in [0.1, 0.15) is 5.82 Å². The van der Waals surface area contributed by atoms with E-state index < -0.39 is 0 Å². The maximum atomic E-state index is 4.67. The van der Waals surface area contributed by atoms with Crippen molar-refractivity contribution in [3.63, 3.8) is 0 Å². The van der Waals surface area contributed by atoms with Crippen molar-refractivity contribution < 1.29 is 0 Å². The van der Waals surface area contributed by atoms with Crippen LogP contribution in [0.3, 0.4) is 0 Å². The number of anilines is 1. The minimum atomic E-state index is 0.399. The zero-order valence-electron chi connectivity index (χ0n) is 9.99. The Hall–Kier alpha value is -0.690. The molecule has 0 saturated heterocycles.